The van der Waals surface area contributed by atoms with Gasteiger partial charge in [-0.2, -0.15) is 0 Å². The standard InChI is InChI=1S/C20H25FN4O3/c21-15-13-17-16(22-14-15)1-2-18(26)25(17)12-11-23-7-3-20(4-8-23)5-9-24(10-6-20)19(27)28/h1-2,13-14H,3-12H2,(H,27,28). The zero-order chi connectivity index (χ0) is 19.7. The first kappa shape index (κ1) is 18.9. The average Bonchev–Trinajstić information content (AvgIpc) is 2.69. The van der Waals surface area contributed by atoms with Crippen LogP contribution >= 0.6 is 0 Å². The van der Waals surface area contributed by atoms with E-state index in [1.54, 1.807) is 10.6 Å². The molecule has 1 spiro atoms. The topological polar surface area (TPSA) is 78.7 Å². The minimum absolute atomic E-state index is 0.144. The summed E-state index contributed by atoms with van der Waals surface area (Å²) in [5.41, 5.74) is 1.26. The third-order valence-corrected chi connectivity index (χ3v) is 6.46. The van der Waals surface area contributed by atoms with E-state index in [0.717, 1.165) is 51.5 Å². The molecule has 0 saturated carbocycles. The van der Waals surface area contributed by atoms with E-state index < -0.39 is 11.9 Å². The molecular weight excluding hydrogens is 363 g/mol. The number of hydrogen-bond acceptors (Lipinski definition) is 4. The van der Waals surface area contributed by atoms with Gasteiger partial charge in [-0.1, -0.05) is 0 Å². The smallest absolute Gasteiger partial charge is 0.407 e. The molecule has 0 aliphatic carbocycles. The highest BCUT2D eigenvalue weighted by molar-refractivity contribution is 5.74. The molecule has 4 rings (SSSR count). The van der Waals surface area contributed by atoms with Crippen LogP contribution in [0.25, 0.3) is 11.0 Å². The van der Waals surface area contributed by atoms with Gasteiger partial charge < -0.3 is 19.5 Å². The number of carboxylic acid groups (broad SMARTS) is 1. The lowest BCUT2D eigenvalue weighted by atomic mass is 9.71. The predicted molar refractivity (Wildman–Crippen MR) is 103 cm³/mol. The molecule has 0 radical (unpaired) electrons. The van der Waals surface area contributed by atoms with Gasteiger partial charge in [-0.15, -0.1) is 0 Å². The number of halogens is 1. The number of fused-ring (bicyclic) bond motifs is 1. The number of likely N-dealkylation sites (tertiary alicyclic amines) is 2. The third-order valence-electron chi connectivity index (χ3n) is 6.46. The number of nitrogens with zero attached hydrogens (tertiary/aromatic N) is 4. The maximum Gasteiger partial charge on any atom is 0.407 e. The normalized spacial score (nSPS) is 20.0. The minimum atomic E-state index is -0.821. The van der Waals surface area contributed by atoms with Crippen molar-refractivity contribution in [2.75, 3.05) is 32.7 Å². The Bertz CT molecular complexity index is 927. The van der Waals surface area contributed by atoms with E-state index in [2.05, 4.69) is 9.88 Å². The lowest BCUT2D eigenvalue weighted by molar-refractivity contribution is 0.0355. The number of amides is 1. The van der Waals surface area contributed by atoms with Crippen molar-refractivity contribution in [3.63, 3.8) is 0 Å². The molecule has 8 heteroatoms. The lowest BCUT2D eigenvalue weighted by Crippen LogP contribution is -2.48. The van der Waals surface area contributed by atoms with Gasteiger partial charge in [0.1, 0.15) is 5.82 Å². The Labute approximate surface area is 162 Å². The SMILES string of the molecule is O=C(O)N1CCC2(CCN(CCn3c(=O)ccc4ncc(F)cc43)CC2)CC1. The first-order valence-corrected chi connectivity index (χ1v) is 9.81. The highest BCUT2D eigenvalue weighted by Gasteiger charge is 2.38. The molecule has 4 heterocycles. The van der Waals surface area contributed by atoms with Crippen LogP contribution in [0.4, 0.5) is 9.18 Å². The summed E-state index contributed by atoms with van der Waals surface area (Å²) in [4.78, 5) is 31.3. The molecule has 7 nitrogen and oxygen atoms in total. The summed E-state index contributed by atoms with van der Waals surface area (Å²) in [6.45, 7) is 4.37. The summed E-state index contributed by atoms with van der Waals surface area (Å²) in [5.74, 6) is -0.445. The van der Waals surface area contributed by atoms with Gasteiger partial charge in [0.25, 0.3) is 5.56 Å². The summed E-state index contributed by atoms with van der Waals surface area (Å²) in [6, 6.07) is 4.47. The highest BCUT2D eigenvalue weighted by Crippen LogP contribution is 2.41. The van der Waals surface area contributed by atoms with Crippen LogP contribution in [-0.2, 0) is 6.54 Å². The first-order chi connectivity index (χ1) is 13.5. The summed E-state index contributed by atoms with van der Waals surface area (Å²) >= 11 is 0. The van der Waals surface area contributed by atoms with E-state index in [4.69, 9.17) is 5.11 Å². The first-order valence-electron chi connectivity index (χ1n) is 9.81. The quantitative estimate of drug-likeness (QED) is 0.874. The molecule has 0 aromatic carbocycles. The van der Waals surface area contributed by atoms with Crippen molar-refractivity contribution < 1.29 is 14.3 Å². The van der Waals surface area contributed by atoms with Gasteiger partial charge in [-0.25, -0.2) is 9.18 Å². The van der Waals surface area contributed by atoms with Crippen molar-refractivity contribution in [2.45, 2.75) is 32.2 Å². The Morgan fingerprint density at radius 1 is 1.11 bits per heavy atom. The summed E-state index contributed by atoms with van der Waals surface area (Å²) in [6.07, 6.45) is 4.32. The Morgan fingerprint density at radius 3 is 2.46 bits per heavy atom. The summed E-state index contributed by atoms with van der Waals surface area (Å²) in [5, 5.41) is 9.12. The summed E-state index contributed by atoms with van der Waals surface area (Å²) in [7, 11) is 0. The molecule has 2 aliphatic rings. The van der Waals surface area contributed by atoms with Crippen molar-refractivity contribution in [2.24, 2.45) is 5.41 Å². The van der Waals surface area contributed by atoms with Crippen LogP contribution in [0.2, 0.25) is 0 Å². The number of aromatic nitrogens is 2. The molecule has 1 amide bonds. The Balaban J connectivity index is 1.37. The van der Waals surface area contributed by atoms with Crippen LogP contribution in [0.15, 0.2) is 29.2 Å². The van der Waals surface area contributed by atoms with Crippen LogP contribution < -0.4 is 5.56 Å². The van der Waals surface area contributed by atoms with E-state index in [0.29, 0.717) is 30.7 Å². The van der Waals surface area contributed by atoms with Gasteiger partial charge in [0.05, 0.1) is 17.2 Å². The molecule has 0 bridgehead atoms. The lowest BCUT2D eigenvalue weighted by Gasteiger charge is -2.46. The van der Waals surface area contributed by atoms with E-state index in [1.807, 2.05) is 0 Å². The Hall–Kier alpha value is -2.48. The van der Waals surface area contributed by atoms with Crippen LogP contribution in [0.3, 0.4) is 0 Å². The zero-order valence-electron chi connectivity index (χ0n) is 15.8. The fourth-order valence-corrected chi connectivity index (χ4v) is 4.54. The highest BCUT2D eigenvalue weighted by atomic mass is 19.1. The monoisotopic (exact) mass is 388 g/mol. The molecule has 2 saturated heterocycles. The fraction of sp³-hybridized carbons (Fsp3) is 0.550. The van der Waals surface area contributed by atoms with Crippen LogP contribution in [-0.4, -0.2) is 63.3 Å². The summed E-state index contributed by atoms with van der Waals surface area (Å²) < 4.78 is 15.2. The van der Waals surface area contributed by atoms with E-state index in [1.165, 1.54) is 17.0 Å². The van der Waals surface area contributed by atoms with Crippen molar-refractivity contribution >= 4 is 17.1 Å². The fourth-order valence-electron chi connectivity index (χ4n) is 4.54. The Morgan fingerprint density at radius 2 is 1.79 bits per heavy atom. The maximum atomic E-state index is 13.6. The second-order valence-electron chi connectivity index (χ2n) is 7.99. The van der Waals surface area contributed by atoms with Crippen LogP contribution in [0.5, 0.6) is 0 Å². The van der Waals surface area contributed by atoms with Gasteiger partial charge in [-0.3, -0.25) is 9.78 Å². The zero-order valence-corrected chi connectivity index (χ0v) is 15.8. The molecule has 0 unspecified atom stereocenters. The van der Waals surface area contributed by atoms with E-state index >= 15 is 0 Å². The van der Waals surface area contributed by atoms with E-state index in [-0.39, 0.29) is 11.0 Å². The number of carbonyl (C=O) groups is 1. The number of hydrogen-bond donors (Lipinski definition) is 1. The van der Waals surface area contributed by atoms with E-state index in [9.17, 15) is 14.0 Å². The van der Waals surface area contributed by atoms with Crippen molar-refractivity contribution in [3.05, 3.63) is 40.6 Å². The molecule has 0 atom stereocenters. The maximum absolute atomic E-state index is 13.6. The average molecular weight is 388 g/mol. The predicted octanol–water partition coefficient (Wildman–Crippen LogP) is 2.39. The molecular formula is C20H25FN4O3. The van der Waals surface area contributed by atoms with Gasteiger partial charge in [0.15, 0.2) is 0 Å². The minimum Gasteiger partial charge on any atom is -0.465 e. The second kappa shape index (κ2) is 7.50. The third kappa shape index (κ3) is 3.73. The molecule has 28 heavy (non-hydrogen) atoms. The molecule has 2 aromatic rings. The van der Waals surface area contributed by atoms with Crippen LogP contribution in [0, 0.1) is 11.2 Å². The van der Waals surface area contributed by atoms with Gasteiger partial charge in [0.2, 0.25) is 0 Å². The van der Waals surface area contributed by atoms with Crippen LogP contribution in [0.1, 0.15) is 25.7 Å². The van der Waals surface area contributed by atoms with Crippen molar-refractivity contribution in [1.82, 2.24) is 19.4 Å². The molecule has 2 aliphatic heterocycles. The number of piperidine rings is 2. The molecule has 2 fully saturated rings. The largest absolute Gasteiger partial charge is 0.465 e. The van der Waals surface area contributed by atoms with Crippen molar-refractivity contribution in [3.8, 4) is 0 Å². The number of rotatable bonds is 3. The second-order valence-corrected chi connectivity index (χ2v) is 7.99. The molecule has 150 valence electrons. The number of pyridine rings is 2. The van der Waals surface area contributed by atoms with Gasteiger partial charge >= 0.3 is 6.09 Å². The van der Waals surface area contributed by atoms with Gasteiger partial charge in [0, 0.05) is 38.3 Å². The molecule has 2 aromatic heterocycles. The van der Waals surface area contributed by atoms with Gasteiger partial charge in [-0.05, 0) is 50.3 Å². The molecule has 1 N–H and O–H groups in total. The Kier molecular flexibility index (Phi) is 5.05. The van der Waals surface area contributed by atoms with Crippen molar-refractivity contribution in [1.29, 1.82) is 0 Å².